The van der Waals surface area contributed by atoms with E-state index in [1.54, 1.807) is 0 Å². The smallest absolute Gasteiger partial charge is 0.0313 e. The molecule has 2 aliphatic carbocycles. The topological polar surface area (TPSA) is 0 Å². The Morgan fingerprint density at radius 3 is 1.71 bits per heavy atom. The summed E-state index contributed by atoms with van der Waals surface area (Å²) < 4.78 is 0. The van der Waals surface area contributed by atoms with Crippen LogP contribution >= 0.6 is 0 Å². The first-order valence-corrected chi connectivity index (χ1v) is 6.08. The van der Waals surface area contributed by atoms with E-state index in [2.05, 4.69) is 38.2 Å². The Kier molecular flexibility index (Phi) is 5.00. The maximum atomic E-state index is 2.42. The van der Waals surface area contributed by atoms with Gasteiger partial charge in [0.15, 0.2) is 0 Å². The molecular formula is C14H24. The zero-order valence-corrected chi connectivity index (χ0v) is 9.76. The van der Waals surface area contributed by atoms with Crippen LogP contribution < -0.4 is 0 Å². The lowest BCUT2D eigenvalue weighted by Gasteiger charge is -2.19. The second-order valence-electron chi connectivity index (χ2n) is 4.80. The Balaban J connectivity index is 0.000000146. The van der Waals surface area contributed by atoms with Gasteiger partial charge in [-0.15, -0.1) is 0 Å². The van der Waals surface area contributed by atoms with Crippen LogP contribution in [0.1, 0.15) is 58.8 Å². The maximum absolute atomic E-state index is 2.42. The molecule has 14 heavy (non-hydrogen) atoms. The highest BCUT2D eigenvalue weighted by atomic mass is 14.3. The molecule has 0 nitrogen and oxygen atoms in total. The monoisotopic (exact) mass is 192 g/mol. The van der Waals surface area contributed by atoms with E-state index in [1.165, 1.54) is 44.9 Å². The van der Waals surface area contributed by atoms with Crippen molar-refractivity contribution >= 4 is 0 Å². The SMILES string of the molecule is C1=CCCC=C1.CCC1(C)CCCC1. The predicted molar refractivity (Wildman–Crippen MR) is 64.4 cm³/mol. The van der Waals surface area contributed by atoms with Crippen LogP contribution in [-0.2, 0) is 0 Å². The standard InChI is InChI=1S/C8H16.C6H8/c1-3-8(2)6-4-5-7-8;1-2-4-6-5-3-1/h3-7H2,1-2H3;1-4H,5-6H2. The van der Waals surface area contributed by atoms with Crippen molar-refractivity contribution < 1.29 is 0 Å². The van der Waals surface area contributed by atoms with E-state index in [9.17, 15) is 0 Å². The first-order chi connectivity index (χ1) is 6.77. The van der Waals surface area contributed by atoms with Gasteiger partial charge in [0.05, 0.1) is 0 Å². The molecule has 0 spiro atoms. The van der Waals surface area contributed by atoms with E-state index >= 15 is 0 Å². The third-order valence-electron chi connectivity index (χ3n) is 3.55. The lowest BCUT2D eigenvalue weighted by atomic mass is 9.86. The lowest BCUT2D eigenvalue weighted by Crippen LogP contribution is -2.07. The molecule has 1 fully saturated rings. The van der Waals surface area contributed by atoms with Gasteiger partial charge in [-0.1, -0.05) is 57.4 Å². The van der Waals surface area contributed by atoms with E-state index in [0.717, 1.165) is 5.41 Å². The molecule has 0 aromatic rings. The molecule has 0 aromatic carbocycles. The average molecular weight is 192 g/mol. The van der Waals surface area contributed by atoms with Crippen molar-refractivity contribution in [2.75, 3.05) is 0 Å². The molecule has 0 aliphatic heterocycles. The first kappa shape index (κ1) is 11.6. The Bertz CT molecular complexity index is 180. The normalized spacial score (nSPS) is 23.0. The average Bonchev–Trinajstić information content (AvgIpc) is 2.70. The second kappa shape index (κ2) is 6.06. The molecule has 2 rings (SSSR count). The van der Waals surface area contributed by atoms with Crippen LogP contribution in [0.3, 0.4) is 0 Å². The van der Waals surface area contributed by atoms with Gasteiger partial charge in [-0.2, -0.15) is 0 Å². The predicted octanol–water partition coefficient (Wildman–Crippen LogP) is 4.87. The highest BCUT2D eigenvalue weighted by Gasteiger charge is 2.25. The molecule has 0 radical (unpaired) electrons. The van der Waals surface area contributed by atoms with Crippen LogP contribution in [0.2, 0.25) is 0 Å². The summed E-state index contributed by atoms with van der Waals surface area (Å²) in [6.07, 6.45) is 18.3. The van der Waals surface area contributed by atoms with Crippen LogP contribution in [-0.4, -0.2) is 0 Å². The summed E-state index contributed by atoms with van der Waals surface area (Å²) in [5.74, 6) is 0. The fourth-order valence-corrected chi connectivity index (χ4v) is 2.12. The van der Waals surface area contributed by atoms with Crippen LogP contribution in [0.5, 0.6) is 0 Å². The largest absolute Gasteiger partial charge is 0.0842 e. The molecule has 80 valence electrons. The van der Waals surface area contributed by atoms with E-state index in [0.29, 0.717) is 0 Å². The Labute approximate surface area is 89.1 Å². The van der Waals surface area contributed by atoms with Crippen molar-refractivity contribution in [3.05, 3.63) is 24.3 Å². The van der Waals surface area contributed by atoms with Crippen molar-refractivity contribution in [3.8, 4) is 0 Å². The first-order valence-electron chi connectivity index (χ1n) is 6.08. The molecule has 0 unspecified atom stereocenters. The Morgan fingerprint density at radius 2 is 1.50 bits per heavy atom. The molecule has 0 bridgehead atoms. The zero-order chi connectivity index (χ0) is 10.3. The second-order valence-corrected chi connectivity index (χ2v) is 4.80. The molecule has 0 atom stereocenters. The maximum Gasteiger partial charge on any atom is -0.0313 e. The summed E-state index contributed by atoms with van der Waals surface area (Å²) in [5.41, 5.74) is 0.736. The van der Waals surface area contributed by atoms with Gasteiger partial charge >= 0.3 is 0 Å². The molecule has 2 aliphatic rings. The van der Waals surface area contributed by atoms with Crippen molar-refractivity contribution in [2.45, 2.75) is 58.8 Å². The van der Waals surface area contributed by atoms with E-state index in [4.69, 9.17) is 0 Å². The lowest BCUT2D eigenvalue weighted by molar-refractivity contribution is 0.323. The Hall–Kier alpha value is -0.520. The number of hydrogen-bond donors (Lipinski definition) is 0. The summed E-state index contributed by atoms with van der Waals surface area (Å²) >= 11 is 0. The third-order valence-corrected chi connectivity index (χ3v) is 3.55. The van der Waals surface area contributed by atoms with Gasteiger partial charge in [0.1, 0.15) is 0 Å². The molecule has 0 heterocycles. The summed E-state index contributed by atoms with van der Waals surface area (Å²) in [4.78, 5) is 0. The molecule has 0 amide bonds. The fourth-order valence-electron chi connectivity index (χ4n) is 2.12. The van der Waals surface area contributed by atoms with Crippen LogP contribution in [0.15, 0.2) is 24.3 Å². The van der Waals surface area contributed by atoms with E-state index in [1.807, 2.05) is 0 Å². The van der Waals surface area contributed by atoms with E-state index in [-0.39, 0.29) is 0 Å². The molecule has 0 saturated heterocycles. The van der Waals surface area contributed by atoms with Crippen LogP contribution in [0, 0.1) is 5.41 Å². The minimum Gasteiger partial charge on any atom is -0.0842 e. The van der Waals surface area contributed by atoms with Gasteiger partial charge in [-0.25, -0.2) is 0 Å². The summed E-state index contributed by atoms with van der Waals surface area (Å²) in [5, 5.41) is 0. The number of rotatable bonds is 1. The zero-order valence-electron chi connectivity index (χ0n) is 9.76. The summed E-state index contributed by atoms with van der Waals surface area (Å²) in [6.45, 7) is 4.73. The molecule has 1 saturated carbocycles. The van der Waals surface area contributed by atoms with Gasteiger partial charge in [-0.3, -0.25) is 0 Å². The quantitative estimate of drug-likeness (QED) is 0.556. The highest BCUT2D eigenvalue weighted by molar-refractivity contribution is 5.07. The third kappa shape index (κ3) is 4.13. The minimum absolute atomic E-state index is 0.736. The van der Waals surface area contributed by atoms with Gasteiger partial charge in [0.25, 0.3) is 0 Å². The number of allylic oxidation sites excluding steroid dienone is 4. The molecule has 0 N–H and O–H groups in total. The van der Waals surface area contributed by atoms with Gasteiger partial charge < -0.3 is 0 Å². The fraction of sp³-hybridized carbons (Fsp3) is 0.714. The number of hydrogen-bond acceptors (Lipinski definition) is 0. The Morgan fingerprint density at radius 1 is 1.00 bits per heavy atom. The van der Waals surface area contributed by atoms with Crippen molar-refractivity contribution in [1.82, 2.24) is 0 Å². The van der Waals surface area contributed by atoms with Gasteiger partial charge in [-0.05, 0) is 31.1 Å². The molecule has 0 aromatic heterocycles. The van der Waals surface area contributed by atoms with Crippen LogP contribution in [0.4, 0.5) is 0 Å². The van der Waals surface area contributed by atoms with Gasteiger partial charge in [0.2, 0.25) is 0 Å². The van der Waals surface area contributed by atoms with Crippen molar-refractivity contribution in [1.29, 1.82) is 0 Å². The minimum atomic E-state index is 0.736. The van der Waals surface area contributed by atoms with Gasteiger partial charge in [0, 0.05) is 0 Å². The molecule has 0 heteroatoms. The van der Waals surface area contributed by atoms with E-state index < -0.39 is 0 Å². The van der Waals surface area contributed by atoms with Crippen molar-refractivity contribution in [3.63, 3.8) is 0 Å². The summed E-state index contributed by atoms with van der Waals surface area (Å²) in [6, 6.07) is 0. The summed E-state index contributed by atoms with van der Waals surface area (Å²) in [7, 11) is 0. The van der Waals surface area contributed by atoms with Crippen molar-refractivity contribution in [2.24, 2.45) is 5.41 Å². The molecular weight excluding hydrogens is 168 g/mol. The highest BCUT2D eigenvalue weighted by Crippen LogP contribution is 2.39. The van der Waals surface area contributed by atoms with Crippen LogP contribution in [0.25, 0.3) is 0 Å².